The molecule has 4 rings (SSSR count). The van der Waals surface area contributed by atoms with Crippen molar-refractivity contribution in [3.63, 3.8) is 0 Å². The van der Waals surface area contributed by atoms with Gasteiger partial charge >= 0.3 is 0 Å². The van der Waals surface area contributed by atoms with E-state index in [4.69, 9.17) is 0 Å². The van der Waals surface area contributed by atoms with E-state index in [2.05, 4.69) is 17.4 Å². The van der Waals surface area contributed by atoms with E-state index >= 15 is 0 Å². The molecule has 0 spiro atoms. The standard InChI is InChI=1S/C21H26N2O3/c24-18(13-23-19(25)16-9-4-5-10-17(16)20(23)26)22-14-21(11-6-12-21)15-7-2-1-3-8-15/h1-3,7-8,16-17H,4-6,9-14H2,(H,22,24)/t16-,17-/m1/s1. The number of likely N-dealkylation sites (tertiary alicyclic amines) is 1. The van der Waals surface area contributed by atoms with Gasteiger partial charge in [-0.15, -0.1) is 0 Å². The predicted octanol–water partition coefficient (Wildman–Crippen LogP) is 2.40. The van der Waals surface area contributed by atoms with Crippen molar-refractivity contribution < 1.29 is 14.4 Å². The van der Waals surface area contributed by atoms with Gasteiger partial charge in [-0.2, -0.15) is 0 Å². The Morgan fingerprint density at radius 3 is 2.15 bits per heavy atom. The summed E-state index contributed by atoms with van der Waals surface area (Å²) in [5.41, 5.74) is 1.26. The number of hydrogen-bond acceptors (Lipinski definition) is 3. The van der Waals surface area contributed by atoms with Crippen molar-refractivity contribution in [2.45, 2.75) is 50.4 Å². The molecule has 138 valence electrons. The van der Waals surface area contributed by atoms with E-state index in [9.17, 15) is 14.4 Å². The van der Waals surface area contributed by atoms with Crippen LogP contribution in [0.5, 0.6) is 0 Å². The molecule has 0 bridgehead atoms. The van der Waals surface area contributed by atoms with Crippen molar-refractivity contribution in [1.29, 1.82) is 0 Å². The number of nitrogens with one attached hydrogen (secondary N) is 1. The van der Waals surface area contributed by atoms with Gasteiger partial charge in [-0.1, -0.05) is 49.6 Å². The summed E-state index contributed by atoms with van der Waals surface area (Å²) in [5.74, 6) is -0.891. The summed E-state index contributed by atoms with van der Waals surface area (Å²) < 4.78 is 0. The Labute approximate surface area is 154 Å². The number of benzene rings is 1. The van der Waals surface area contributed by atoms with Gasteiger partial charge in [0.25, 0.3) is 0 Å². The molecule has 1 aliphatic heterocycles. The third-order valence-electron chi connectivity index (χ3n) is 6.55. The highest BCUT2D eigenvalue weighted by Gasteiger charge is 2.48. The van der Waals surface area contributed by atoms with Crippen molar-refractivity contribution in [3.05, 3.63) is 35.9 Å². The van der Waals surface area contributed by atoms with Gasteiger partial charge in [0, 0.05) is 12.0 Å². The average molecular weight is 354 g/mol. The third-order valence-corrected chi connectivity index (χ3v) is 6.55. The van der Waals surface area contributed by atoms with Gasteiger partial charge in [-0.25, -0.2) is 0 Å². The van der Waals surface area contributed by atoms with Crippen LogP contribution >= 0.6 is 0 Å². The average Bonchev–Trinajstić information content (AvgIpc) is 2.87. The molecule has 5 nitrogen and oxygen atoms in total. The largest absolute Gasteiger partial charge is 0.354 e. The number of carbonyl (C=O) groups is 3. The molecule has 3 fully saturated rings. The number of nitrogens with zero attached hydrogens (tertiary/aromatic N) is 1. The fourth-order valence-electron chi connectivity index (χ4n) is 4.82. The molecule has 3 aliphatic rings. The van der Waals surface area contributed by atoms with E-state index in [0.29, 0.717) is 6.54 Å². The molecule has 26 heavy (non-hydrogen) atoms. The summed E-state index contributed by atoms with van der Waals surface area (Å²) in [6, 6.07) is 10.3. The monoisotopic (exact) mass is 354 g/mol. The lowest BCUT2D eigenvalue weighted by molar-refractivity contribution is -0.143. The second kappa shape index (κ2) is 6.86. The van der Waals surface area contributed by atoms with Gasteiger partial charge in [0.2, 0.25) is 17.7 Å². The molecule has 0 unspecified atom stereocenters. The Hall–Kier alpha value is -2.17. The summed E-state index contributed by atoms with van der Waals surface area (Å²) in [6.45, 7) is 0.439. The van der Waals surface area contributed by atoms with Crippen LogP contribution in [0, 0.1) is 11.8 Å². The summed E-state index contributed by atoms with van der Waals surface area (Å²) in [6.07, 6.45) is 6.85. The highest BCUT2D eigenvalue weighted by Crippen LogP contribution is 2.43. The van der Waals surface area contributed by atoms with Gasteiger partial charge in [0.1, 0.15) is 6.54 Å². The van der Waals surface area contributed by atoms with Gasteiger partial charge < -0.3 is 5.32 Å². The molecule has 0 aromatic heterocycles. The second-order valence-electron chi connectivity index (χ2n) is 8.04. The highest BCUT2D eigenvalue weighted by atomic mass is 16.2. The molecular formula is C21H26N2O3. The van der Waals surface area contributed by atoms with Crippen molar-refractivity contribution >= 4 is 17.7 Å². The fraction of sp³-hybridized carbons (Fsp3) is 0.571. The molecule has 2 atom stereocenters. The van der Waals surface area contributed by atoms with Crippen LogP contribution in [-0.2, 0) is 19.8 Å². The third kappa shape index (κ3) is 2.93. The summed E-state index contributed by atoms with van der Waals surface area (Å²) in [4.78, 5) is 38.7. The summed E-state index contributed by atoms with van der Waals surface area (Å²) in [7, 11) is 0. The number of carbonyl (C=O) groups excluding carboxylic acids is 3. The molecule has 1 N–H and O–H groups in total. The lowest BCUT2D eigenvalue weighted by Gasteiger charge is -2.42. The van der Waals surface area contributed by atoms with Gasteiger partial charge in [-0.05, 0) is 31.2 Å². The predicted molar refractivity (Wildman–Crippen MR) is 97.1 cm³/mol. The van der Waals surface area contributed by atoms with E-state index in [1.54, 1.807) is 0 Å². The normalized spacial score (nSPS) is 27.0. The fourth-order valence-corrected chi connectivity index (χ4v) is 4.82. The Morgan fingerprint density at radius 1 is 1.00 bits per heavy atom. The van der Waals surface area contributed by atoms with Gasteiger partial charge in [0.05, 0.1) is 11.8 Å². The zero-order valence-electron chi connectivity index (χ0n) is 15.1. The van der Waals surface area contributed by atoms with E-state index < -0.39 is 0 Å². The van der Waals surface area contributed by atoms with Crippen molar-refractivity contribution in [2.24, 2.45) is 11.8 Å². The Morgan fingerprint density at radius 2 is 1.62 bits per heavy atom. The second-order valence-corrected chi connectivity index (χ2v) is 8.04. The highest BCUT2D eigenvalue weighted by molar-refractivity contribution is 6.07. The first-order chi connectivity index (χ1) is 12.6. The first-order valence-corrected chi connectivity index (χ1v) is 9.78. The SMILES string of the molecule is O=C(CN1C(=O)[C@@H]2CCCC[C@H]2C1=O)NCC1(c2ccccc2)CCC1. The quantitative estimate of drug-likeness (QED) is 0.826. The Kier molecular flexibility index (Phi) is 4.55. The number of rotatable bonds is 5. The minimum atomic E-state index is -0.229. The maximum Gasteiger partial charge on any atom is 0.240 e. The maximum absolute atomic E-state index is 12.5. The van der Waals surface area contributed by atoms with Crippen LogP contribution < -0.4 is 5.32 Å². The van der Waals surface area contributed by atoms with E-state index in [1.807, 2.05) is 18.2 Å². The zero-order chi connectivity index (χ0) is 18.1. The van der Waals surface area contributed by atoms with Crippen LogP contribution in [0.4, 0.5) is 0 Å². The van der Waals surface area contributed by atoms with Crippen molar-refractivity contribution in [1.82, 2.24) is 10.2 Å². The lowest BCUT2D eigenvalue weighted by atomic mass is 9.64. The van der Waals surface area contributed by atoms with Crippen LogP contribution in [0.1, 0.15) is 50.5 Å². The molecule has 5 heteroatoms. The van der Waals surface area contributed by atoms with Crippen LogP contribution in [0.15, 0.2) is 30.3 Å². The number of imide groups is 1. The van der Waals surface area contributed by atoms with Crippen LogP contribution in [-0.4, -0.2) is 35.7 Å². The molecule has 2 aliphatic carbocycles. The van der Waals surface area contributed by atoms with Crippen LogP contribution in [0.25, 0.3) is 0 Å². The molecule has 1 aromatic rings. The Bertz CT molecular complexity index is 687. The van der Waals surface area contributed by atoms with Crippen molar-refractivity contribution in [2.75, 3.05) is 13.1 Å². The topological polar surface area (TPSA) is 66.5 Å². The minimum absolute atomic E-state index is 0.00390. The minimum Gasteiger partial charge on any atom is -0.354 e. The van der Waals surface area contributed by atoms with Crippen molar-refractivity contribution in [3.8, 4) is 0 Å². The number of hydrogen-bond donors (Lipinski definition) is 1. The summed E-state index contributed by atoms with van der Waals surface area (Å²) in [5, 5.41) is 2.99. The summed E-state index contributed by atoms with van der Waals surface area (Å²) >= 11 is 0. The Balaban J connectivity index is 1.37. The van der Waals surface area contributed by atoms with E-state index in [0.717, 1.165) is 44.9 Å². The molecule has 3 amide bonds. The molecule has 2 saturated carbocycles. The van der Waals surface area contributed by atoms with Gasteiger partial charge in [0.15, 0.2) is 0 Å². The molecule has 1 aromatic carbocycles. The lowest BCUT2D eigenvalue weighted by Crippen LogP contribution is -2.48. The first-order valence-electron chi connectivity index (χ1n) is 9.78. The molecule has 0 radical (unpaired) electrons. The molecular weight excluding hydrogens is 328 g/mol. The maximum atomic E-state index is 12.5. The van der Waals surface area contributed by atoms with Crippen LogP contribution in [0.3, 0.4) is 0 Å². The van der Waals surface area contributed by atoms with E-state index in [1.165, 1.54) is 10.5 Å². The molecule has 1 saturated heterocycles. The number of amides is 3. The zero-order valence-corrected chi connectivity index (χ0v) is 15.1. The van der Waals surface area contributed by atoms with Crippen LogP contribution in [0.2, 0.25) is 0 Å². The van der Waals surface area contributed by atoms with E-state index in [-0.39, 0.29) is 41.5 Å². The first kappa shape index (κ1) is 17.3. The molecule has 1 heterocycles. The van der Waals surface area contributed by atoms with Gasteiger partial charge in [-0.3, -0.25) is 19.3 Å². The smallest absolute Gasteiger partial charge is 0.240 e. The number of fused-ring (bicyclic) bond motifs is 1.